The summed E-state index contributed by atoms with van der Waals surface area (Å²) in [5.41, 5.74) is 1.78. The van der Waals surface area contributed by atoms with E-state index in [1.54, 1.807) is 24.4 Å². The van der Waals surface area contributed by atoms with E-state index in [1.807, 2.05) is 48.6 Å². The Kier molecular flexibility index (Phi) is 4.36. The Morgan fingerprint density at radius 1 is 0.955 bits per heavy atom. The van der Waals surface area contributed by atoms with Gasteiger partial charge in [0.2, 0.25) is 5.13 Å². The summed E-state index contributed by atoms with van der Waals surface area (Å²) in [5, 5.41) is 19.1. The van der Waals surface area contributed by atoms with Crippen molar-refractivity contribution in [1.29, 1.82) is 0 Å². The smallest absolute Gasteiger partial charge is 0.231 e. The minimum absolute atomic E-state index is 0.193. The Bertz CT molecular complexity index is 810. The van der Waals surface area contributed by atoms with Crippen LogP contribution in [0.2, 0.25) is 0 Å². The zero-order chi connectivity index (χ0) is 15.2. The summed E-state index contributed by atoms with van der Waals surface area (Å²) >= 11 is 1.33. The van der Waals surface area contributed by atoms with Crippen LogP contribution in [0.25, 0.3) is 16.6 Å². The molecule has 0 aliphatic carbocycles. The summed E-state index contributed by atoms with van der Waals surface area (Å²) in [6.07, 6.45) is 5.51. The summed E-state index contributed by atoms with van der Waals surface area (Å²) in [4.78, 5) is 4.25. The normalized spacial score (nSPS) is 11.5. The number of allylic oxidation sites excluding steroid dienone is 1. The van der Waals surface area contributed by atoms with Gasteiger partial charge in [-0.1, -0.05) is 59.9 Å². The Labute approximate surface area is 132 Å². The lowest BCUT2D eigenvalue weighted by Gasteiger charge is -1.97. The Morgan fingerprint density at radius 3 is 2.55 bits per heavy atom. The van der Waals surface area contributed by atoms with Crippen LogP contribution in [0.4, 0.5) is 5.13 Å². The van der Waals surface area contributed by atoms with Gasteiger partial charge < -0.3 is 5.11 Å². The number of phenols is 1. The zero-order valence-electron chi connectivity index (χ0n) is 11.6. The number of hydrogen-bond acceptors (Lipinski definition) is 5. The van der Waals surface area contributed by atoms with Crippen LogP contribution in [0.3, 0.4) is 0 Å². The first-order valence-electron chi connectivity index (χ1n) is 6.70. The van der Waals surface area contributed by atoms with Gasteiger partial charge in [-0.2, -0.15) is 0 Å². The molecule has 0 fully saturated rings. The molecule has 0 spiro atoms. The number of aliphatic imine (C=N–C) groups is 1. The quantitative estimate of drug-likeness (QED) is 0.730. The molecule has 0 aliphatic heterocycles. The number of rotatable bonds is 4. The van der Waals surface area contributed by atoms with Crippen molar-refractivity contribution < 1.29 is 5.11 Å². The molecule has 22 heavy (non-hydrogen) atoms. The molecule has 1 N–H and O–H groups in total. The van der Waals surface area contributed by atoms with Crippen LogP contribution in [0, 0.1) is 0 Å². The molecule has 1 heterocycles. The maximum Gasteiger partial charge on any atom is 0.231 e. The van der Waals surface area contributed by atoms with Gasteiger partial charge in [-0.25, -0.2) is 4.99 Å². The fourth-order valence-electron chi connectivity index (χ4n) is 1.86. The molecule has 0 saturated carbocycles. The predicted molar refractivity (Wildman–Crippen MR) is 90.6 cm³/mol. The standard InChI is InChI=1S/C17H13N3OS/c21-15-11-5-4-10-14(15)16-19-20-17(22-16)18-12-6-9-13-7-2-1-3-8-13/h1-12,21H/b9-6+,18-12+. The van der Waals surface area contributed by atoms with Crippen LogP contribution in [0.15, 0.2) is 65.7 Å². The molecule has 0 amide bonds. The van der Waals surface area contributed by atoms with E-state index in [9.17, 15) is 5.11 Å². The van der Waals surface area contributed by atoms with E-state index in [0.717, 1.165) is 5.56 Å². The van der Waals surface area contributed by atoms with Crippen LogP contribution in [0.1, 0.15) is 5.56 Å². The van der Waals surface area contributed by atoms with Crippen molar-refractivity contribution in [1.82, 2.24) is 10.2 Å². The lowest BCUT2D eigenvalue weighted by atomic mass is 10.2. The van der Waals surface area contributed by atoms with Crippen LogP contribution in [-0.4, -0.2) is 21.5 Å². The second-order valence-electron chi connectivity index (χ2n) is 4.45. The van der Waals surface area contributed by atoms with Crippen molar-refractivity contribution in [3.8, 4) is 16.3 Å². The highest BCUT2D eigenvalue weighted by Crippen LogP contribution is 2.33. The lowest BCUT2D eigenvalue weighted by molar-refractivity contribution is 0.477. The molecule has 0 aliphatic rings. The molecule has 5 heteroatoms. The van der Waals surface area contributed by atoms with Crippen LogP contribution in [-0.2, 0) is 0 Å². The third kappa shape index (κ3) is 3.45. The number of aromatic hydroxyl groups is 1. The number of benzene rings is 2. The maximum atomic E-state index is 9.80. The summed E-state index contributed by atoms with van der Waals surface area (Å²) in [7, 11) is 0. The zero-order valence-corrected chi connectivity index (χ0v) is 12.4. The number of nitrogens with zero attached hydrogens (tertiary/aromatic N) is 3. The molecule has 0 unspecified atom stereocenters. The van der Waals surface area contributed by atoms with Gasteiger partial charge in [0.1, 0.15) is 5.75 Å². The fraction of sp³-hybridized carbons (Fsp3) is 0. The highest BCUT2D eigenvalue weighted by atomic mass is 32.1. The highest BCUT2D eigenvalue weighted by molar-refractivity contribution is 7.18. The van der Waals surface area contributed by atoms with Crippen LogP contribution >= 0.6 is 11.3 Å². The van der Waals surface area contributed by atoms with Gasteiger partial charge in [0, 0.05) is 6.21 Å². The van der Waals surface area contributed by atoms with Gasteiger partial charge in [-0.3, -0.25) is 0 Å². The molecular weight excluding hydrogens is 294 g/mol. The second-order valence-corrected chi connectivity index (χ2v) is 5.41. The fourth-order valence-corrected chi connectivity index (χ4v) is 2.59. The predicted octanol–water partition coefficient (Wildman–Crippen LogP) is 4.33. The number of para-hydroxylation sites is 1. The molecule has 2 aromatic carbocycles. The van der Waals surface area contributed by atoms with Gasteiger partial charge in [-0.05, 0) is 23.8 Å². The first-order valence-corrected chi connectivity index (χ1v) is 7.52. The minimum Gasteiger partial charge on any atom is -0.507 e. The van der Waals surface area contributed by atoms with Crippen molar-refractivity contribution in [3.05, 3.63) is 66.2 Å². The molecule has 108 valence electrons. The highest BCUT2D eigenvalue weighted by Gasteiger charge is 2.08. The average Bonchev–Trinajstić information content (AvgIpc) is 3.02. The molecule has 3 rings (SSSR count). The van der Waals surface area contributed by atoms with Crippen LogP contribution < -0.4 is 0 Å². The molecule has 0 bridgehead atoms. The first-order chi connectivity index (χ1) is 10.8. The number of aromatic nitrogens is 2. The van der Waals surface area contributed by atoms with E-state index >= 15 is 0 Å². The number of hydrogen-bond donors (Lipinski definition) is 1. The summed E-state index contributed by atoms with van der Waals surface area (Å²) < 4.78 is 0. The molecule has 1 aromatic heterocycles. The third-order valence-electron chi connectivity index (χ3n) is 2.91. The second kappa shape index (κ2) is 6.78. The van der Waals surface area contributed by atoms with Crippen molar-refractivity contribution in [2.45, 2.75) is 0 Å². The van der Waals surface area contributed by atoms with E-state index in [-0.39, 0.29) is 5.75 Å². The topological polar surface area (TPSA) is 58.4 Å². The average molecular weight is 307 g/mol. The van der Waals surface area contributed by atoms with E-state index in [0.29, 0.717) is 15.7 Å². The van der Waals surface area contributed by atoms with Gasteiger partial charge in [0.05, 0.1) is 5.56 Å². The summed E-state index contributed by atoms with van der Waals surface area (Å²) in [6, 6.07) is 17.0. The summed E-state index contributed by atoms with van der Waals surface area (Å²) in [6.45, 7) is 0. The first kappa shape index (κ1) is 14.2. The Morgan fingerprint density at radius 2 is 1.73 bits per heavy atom. The molecular formula is C17H13N3OS. The minimum atomic E-state index is 0.193. The van der Waals surface area contributed by atoms with Crippen LogP contribution in [0.5, 0.6) is 5.75 Å². The van der Waals surface area contributed by atoms with Crippen molar-refractivity contribution >= 4 is 28.8 Å². The maximum absolute atomic E-state index is 9.80. The van der Waals surface area contributed by atoms with Crippen molar-refractivity contribution in [2.75, 3.05) is 0 Å². The third-order valence-corrected chi connectivity index (χ3v) is 3.77. The monoisotopic (exact) mass is 307 g/mol. The lowest BCUT2D eigenvalue weighted by Crippen LogP contribution is -1.77. The SMILES string of the molecule is Oc1ccccc1-c1nnc(/N=C/C=C/c2ccccc2)s1. The van der Waals surface area contributed by atoms with E-state index in [4.69, 9.17) is 0 Å². The Hall–Kier alpha value is -2.79. The molecule has 0 radical (unpaired) electrons. The van der Waals surface area contributed by atoms with Gasteiger partial charge in [0.15, 0.2) is 5.01 Å². The van der Waals surface area contributed by atoms with Gasteiger partial charge in [0.25, 0.3) is 0 Å². The molecule has 3 aromatic rings. The van der Waals surface area contributed by atoms with Gasteiger partial charge >= 0.3 is 0 Å². The Balaban J connectivity index is 1.71. The van der Waals surface area contributed by atoms with E-state index < -0.39 is 0 Å². The van der Waals surface area contributed by atoms with E-state index in [1.165, 1.54) is 11.3 Å². The number of phenolic OH excluding ortho intramolecular Hbond substituents is 1. The van der Waals surface area contributed by atoms with E-state index in [2.05, 4.69) is 15.2 Å². The summed E-state index contributed by atoms with van der Waals surface area (Å²) in [5.74, 6) is 0.193. The van der Waals surface area contributed by atoms with Crippen molar-refractivity contribution in [3.63, 3.8) is 0 Å². The molecule has 0 atom stereocenters. The largest absolute Gasteiger partial charge is 0.507 e. The molecule has 0 saturated heterocycles. The molecule has 4 nitrogen and oxygen atoms in total. The van der Waals surface area contributed by atoms with Gasteiger partial charge in [-0.15, -0.1) is 10.2 Å². The van der Waals surface area contributed by atoms with Crippen molar-refractivity contribution in [2.24, 2.45) is 4.99 Å².